The molecule has 2 atom stereocenters. The van der Waals surface area contributed by atoms with Crippen LogP contribution in [0, 0.1) is 0 Å². The second-order valence-electron chi connectivity index (χ2n) is 5.94. The van der Waals surface area contributed by atoms with E-state index in [1.165, 1.54) is 5.56 Å². The van der Waals surface area contributed by atoms with Gasteiger partial charge in [0, 0.05) is 12.6 Å². The van der Waals surface area contributed by atoms with Crippen LogP contribution in [0.5, 0.6) is 0 Å². The van der Waals surface area contributed by atoms with Crippen LogP contribution in [-0.2, 0) is 17.8 Å². The zero-order chi connectivity index (χ0) is 16.1. The van der Waals surface area contributed by atoms with E-state index in [0.29, 0.717) is 13.2 Å². The summed E-state index contributed by atoms with van der Waals surface area (Å²) in [6.45, 7) is 0.954. The molecule has 23 heavy (non-hydrogen) atoms. The molecule has 1 amide bonds. The molecule has 1 aliphatic heterocycles. The Kier molecular flexibility index (Phi) is 4.93. The molecule has 2 N–H and O–H groups in total. The number of carbonyl (C=O) groups excluding carboxylic acids is 1. The number of hydrogen-bond donors (Lipinski definition) is 1. The van der Waals surface area contributed by atoms with Crippen LogP contribution in [0.1, 0.15) is 17.5 Å². The topological polar surface area (TPSA) is 55.6 Å². The van der Waals surface area contributed by atoms with E-state index >= 15 is 0 Å². The average molecular weight is 310 g/mol. The van der Waals surface area contributed by atoms with Crippen molar-refractivity contribution >= 4 is 6.09 Å². The van der Waals surface area contributed by atoms with Crippen LogP contribution >= 0.6 is 0 Å². The van der Waals surface area contributed by atoms with Crippen molar-refractivity contribution in [2.24, 2.45) is 5.73 Å². The molecule has 4 heteroatoms. The van der Waals surface area contributed by atoms with Gasteiger partial charge in [0.2, 0.25) is 0 Å². The van der Waals surface area contributed by atoms with Crippen molar-refractivity contribution in [1.82, 2.24) is 4.90 Å². The highest BCUT2D eigenvalue weighted by Gasteiger charge is 2.35. The number of benzene rings is 2. The molecule has 1 aliphatic rings. The lowest BCUT2D eigenvalue weighted by atomic mass is 10.0. The summed E-state index contributed by atoms with van der Waals surface area (Å²) < 4.78 is 5.46. The Morgan fingerprint density at radius 2 is 1.65 bits per heavy atom. The standard InChI is InChI=1S/C19H22N2O2/c20-17-11-12-21(18(17)13-15-7-3-1-4-8-15)19(22)23-14-16-9-5-2-6-10-16/h1-10,17-18H,11-14,20H2. The maximum absolute atomic E-state index is 12.4. The molecule has 4 nitrogen and oxygen atoms in total. The zero-order valence-corrected chi connectivity index (χ0v) is 13.1. The average Bonchev–Trinajstić information content (AvgIpc) is 2.95. The maximum atomic E-state index is 12.4. The molecule has 0 radical (unpaired) electrons. The molecule has 0 aromatic heterocycles. The maximum Gasteiger partial charge on any atom is 0.410 e. The predicted molar refractivity (Wildman–Crippen MR) is 89.9 cm³/mol. The third-order valence-electron chi connectivity index (χ3n) is 4.33. The van der Waals surface area contributed by atoms with Gasteiger partial charge in [-0.1, -0.05) is 60.7 Å². The van der Waals surface area contributed by atoms with E-state index in [1.54, 1.807) is 4.90 Å². The van der Waals surface area contributed by atoms with Crippen molar-refractivity contribution in [3.8, 4) is 0 Å². The molecule has 1 saturated heterocycles. The molecule has 2 aromatic rings. The fraction of sp³-hybridized carbons (Fsp3) is 0.316. The molecule has 1 fully saturated rings. The number of carbonyl (C=O) groups is 1. The molecule has 2 aromatic carbocycles. The Hall–Kier alpha value is -2.33. The molecule has 3 rings (SSSR count). The summed E-state index contributed by atoms with van der Waals surface area (Å²) in [4.78, 5) is 14.2. The Morgan fingerprint density at radius 3 is 2.30 bits per heavy atom. The van der Waals surface area contributed by atoms with Crippen molar-refractivity contribution < 1.29 is 9.53 Å². The van der Waals surface area contributed by atoms with Gasteiger partial charge >= 0.3 is 6.09 Å². The fourth-order valence-corrected chi connectivity index (χ4v) is 3.02. The minimum Gasteiger partial charge on any atom is -0.445 e. The van der Waals surface area contributed by atoms with Crippen molar-refractivity contribution in [3.63, 3.8) is 0 Å². The quantitative estimate of drug-likeness (QED) is 0.944. The van der Waals surface area contributed by atoms with Crippen molar-refractivity contribution in [2.75, 3.05) is 6.54 Å². The number of nitrogens with zero attached hydrogens (tertiary/aromatic N) is 1. The lowest BCUT2D eigenvalue weighted by molar-refractivity contribution is 0.0909. The highest BCUT2D eigenvalue weighted by Crippen LogP contribution is 2.22. The van der Waals surface area contributed by atoms with E-state index in [4.69, 9.17) is 10.5 Å². The minimum absolute atomic E-state index is 0.000480. The minimum atomic E-state index is -0.275. The zero-order valence-electron chi connectivity index (χ0n) is 13.1. The lowest BCUT2D eigenvalue weighted by Crippen LogP contribution is -2.44. The number of nitrogens with two attached hydrogens (primary N) is 1. The molecule has 0 bridgehead atoms. The molecular weight excluding hydrogens is 288 g/mol. The first-order valence-corrected chi connectivity index (χ1v) is 8.01. The summed E-state index contributed by atoms with van der Waals surface area (Å²) in [5.41, 5.74) is 8.39. The number of hydrogen-bond acceptors (Lipinski definition) is 3. The van der Waals surface area contributed by atoms with E-state index in [9.17, 15) is 4.79 Å². The second-order valence-corrected chi connectivity index (χ2v) is 5.94. The third kappa shape index (κ3) is 3.90. The highest BCUT2D eigenvalue weighted by atomic mass is 16.6. The third-order valence-corrected chi connectivity index (χ3v) is 4.33. The Balaban J connectivity index is 1.62. The van der Waals surface area contributed by atoms with Gasteiger partial charge in [0.1, 0.15) is 6.61 Å². The molecule has 0 aliphatic carbocycles. The van der Waals surface area contributed by atoms with Gasteiger partial charge in [-0.3, -0.25) is 0 Å². The van der Waals surface area contributed by atoms with Crippen molar-refractivity contribution in [2.45, 2.75) is 31.5 Å². The first kappa shape index (κ1) is 15.6. The van der Waals surface area contributed by atoms with Gasteiger partial charge in [0.15, 0.2) is 0 Å². The number of likely N-dealkylation sites (tertiary alicyclic amines) is 1. The van der Waals surface area contributed by atoms with Gasteiger partial charge in [0.25, 0.3) is 0 Å². The van der Waals surface area contributed by atoms with Crippen LogP contribution in [0.4, 0.5) is 4.79 Å². The van der Waals surface area contributed by atoms with Gasteiger partial charge in [0.05, 0.1) is 6.04 Å². The number of ether oxygens (including phenoxy) is 1. The molecule has 2 unspecified atom stereocenters. The number of amides is 1. The van der Waals surface area contributed by atoms with E-state index in [2.05, 4.69) is 12.1 Å². The first-order valence-electron chi connectivity index (χ1n) is 8.01. The van der Waals surface area contributed by atoms with E-state index in [0.717, 1.165) is 18.4 Å². The van der Waals surface area contributed by atoms with Crippen LogP contribution in [-0.4, -0.2) is 29.6 Å². The Morgan fingerprint density at radius 1 is 1.04 bits per heavy atom. The van der Waals surface area contributed by atoms with Gasteiger partial charge in [-0.15, -0.1) is 0 Å². The van der Waals surface area contributed by atoms with Crippen LogP contribution in [0.3, 0.4) is 0 Å². The summed E-state index contributed by atoms with van der Waals surface area (Å²) in [6.07, 6.45) is 1.31. The fourth-order valence-electron chi connectivity index (χ4n) is 3.02. The number of rotatable bonds is 4. The normalized spacial score (nSPS) is 20.5. The van der Waals surface area contributed by atoms with E-state index in [1.807, 2.05) is 48.5 Å². The summed E-state index contributed by atoms with van der Waals surface area (Å²) in [5.74, 6) is 0. The Bertz CT molecular complexity index is 630. The SMILES string of the molecule is NC1CCN(C(=O)OCc2ccccc2)C1Cc1ccccc1. The summed E-state index contributed by atoms with van der Waals surface area (Å²) in [5, 5.41) is 0. The Labute approximate surface area is 136 Å². The van der Waals surface area contributed by atoms with E-state index in [-0.39, 0.29) is 18.2 Å². The van der Waals surface area contributed by atoms with Gasteiger partial charge in [-0.05, 0) is 24.0 Å². The van der Waals surface area contributed by atoms with Gasteiger partial charge < -0.3 is 15.4 Å². The molecule has 0 spiro atoms. The van der Waals surface area contributed by atoms with Crippen molar-refractivity contribution in [3.05, 3.63) is 71.8 Å². The van der Waals surface area contributed by atoms with Crippen LogP contribution < -0.4 is 5.73 Å². The van der Waals surface area contributed by atoms with Crippen LogP contribution in [0.2, 0.25) is 0 Å². The summed E-state index contributed by atoms with van der Waals surface area (Å²) in [7, 11) is 0. The van der Waals surface area contributed by atoms with Gasteiger partial charge in [-0.25, -0.2) is 4.79 Å². The van der Waals surface area contributed by atoms with Crippen molar-refractivity contribution in [1.29, 1.82) is 0 Å². The lowest BCUT2D eigenvalue weighted by Gasteiger charge is -2.26. The summed E-state index contributed by atoms with van der Waals surface area (Å²) in [6, 6.07) is 19.9. The predicted octanol–water partition coefficient (Wildman–Crippen LogP) is 2.97. The summed E-state index contributed by atoms with van der Waals surface area (Å²) >= 11 is 0. The molecular formula is C19H22N2O2. The largest absolute Gasteiger partial charge is 0.445 e. The second kappa shape index (κ2) is 7.29. The molecule has 120 valence electrons. The van der Waals surface area contributed by atoms with Gasteiger partial charge in [-0.2, -0.15) is 0 Å². The van der Waals surface area contributed by atoms with Crippen LogP contribution in [0.25, 0.3) is 0 Å². The highest BCUT2D eigenvalue weighted by molar-refractivity contribution is 5.68. The van der Waals surface area contributed by atoms with E-state index < -0.39 is 0 Å². The van der Waals surface area contributed by atoms with Crippen LogP contribution in [0.15, 0.2) is 60.7 Å². The smallest absolute Gasteiger partial charge is 0.410 e. The monoisotopic (exact) mass is 310 g/mol. The molecule has 1 heterocycles. The first-order chi connectivity index (χ1) is 11.2. The molecule has 0 saturated carbocycles.